The van der Waals surface area contributed by atoms with Crippen LogP contribution in [0.25, 0.3) is 6.08 Å². The van der Waals surface area contributed by atoms with E-state index in [0.717, 1.165) is 44.2 Å². The van der Waals surface area contributed by atoms with Crippen LogP contribution in [-0.2, 0) is 10.2 Å². The molecule has 3 nitrogen and oxygen atoms in total. The quantitative estimate of drug-likeness (QED) is 0.830. The van der Waals surface area contributed by atoms with Crippen LogP contribution in [0.1, 0.15) is 43.2 Å². The molecule has 0 aromatic heterocycles. The molecular formula is C23H25NO2. The molecule has 0 radical (unpaired) electrons. The number of carbonyl (C=O) groups is 1. The minimum atomic E-state index is 0.113. The highest BCUT2D eigenvalue weighted by Gasteiger charge is 2.44. The van der Waals surface area contributed by atoms with Crippen LogP contribution in [0.3, 0.4) is 0 Å². The predicted molar refractivity (Wildman–Crippen MR) is 104 cm³/mol. The van der Waals surface area contributed by atoms with Crippen LogP contribution in [0.15, 0.2) is 60.7 Å². The summed E-state index contributed by atoms with van der Waals surface area (Å²) in [5.41, 5.74) is 2.39. The Bertz CT molecular complexity index is 814. The second-order valence-corrected chi connectivity index (χ2v) is 7.61. The van der Waals surface area contributed by atoms with Crippen molar-refractivity contribution in [2.45, 2.75) is 43.6 Å². The van der Waals surface area contributed by atoms with Crippen molar-refractivity contribution in [2.24, 2.45) is 0 Å². The first-order valence-corrected chi connectivity index (χ1v) is 9.50. The molecule has 0 unspecified atom stereocenters. The van der Waals surface area contributed by atoms with E-state index in [1.54, 1.807) is 12.1 Å². The van der Waals surface area contributed by atoms with E-state index in [1.165, 1.54) is 5.56 Å². The van der Waals surface area contributed by atoms with Gasteiger partial charge in [-0.25, -0.2) is 0 Å². The second kappa shape index (κ2) is 6.99. The number of rotatable bonds is 3. The molecule has 1 N–H and O–H groups in total. The fourth-order valence-electron chi connectivity index (χ4n) is 4.70. The summed E-state index contributed by atoms with van der Waals surface area (Å²) in [5, 5.41) is 9.88. The van der Waals surface area contributed by atoms with Gasteiger partial charge in [0.05, 0.1) is 0 Å². The summed E-state index contributed by atoms with van der Waals surface area (Å²) >= 11 is 0. The van der Waals surface area contributed by atoms with Crippen LogP contribution in [-0.4, -0.2) is 28.5 Å². The molecule has 4 rings (SSSR count). The zero-order chi connectivity index (χ0) is 18.0. The van der Waals surface area contributed by atoms with Gasteiger partial charge in [-0.15, -0.1) is 0 Å². The summed E-state index contributed by atoms with van der Waals surface area (Å²) in [6.45, 7) is 0.790. The van der Waals surface area contributed by atoms with E-state index in [2.05, 4.69) is 11.0 Å². The lowest BCUT2D eigenvalue weighted by Gasteiger charge is -2.50. The maximum Gasteiger partial charge on any atom is 0.246 e. The predicted octanol–water partition coefficient (Wildman–Crippen LogP) is 4.52. The number of piperidine rings is 1. The average Bonchev–Trinajstić information content (AvgIpc) is 2.67. The van der Waals surface area contributed by atoms with Gasteiger partial charge >= 0.3 is 0 Å². The number of phenolic OH excluding ortho intramolecular Hbond substituents is 1. The van der Waals surface area contributed by atoms with E-state index in [4.69, 9.17) is 0 Å². The number of nitrogens with zero attached hydrogens (tertiary/aromatic N) is 1. The molecule has 2 bridgehead atoms. The van der Waals surface area contributed by atoms with Crippen LogP contribution in [0, 0.1) is 0 Å². The maximum atomic E-state index is 12.8. The molecule has 2 atom stereocenters. The Hall–Kier alpha value is -2.55. The van der Waals surface area contributed by atoms with Gasteiger partial charge in [-0.2, -0.15) is 0 Å². The van der Waals surface area contributed by atoms with Gasteiger partial charge in [0.15, 0.2) is 0 Å². The first-order valence-electron chi connectivity index (χ1n) is 9.50. The van der Waals surface area contributed by atoms with Crippen LogP contribution < -0.4 is 0 Å². The molecule has 0 spiro atoms. The zero-order valence-corrected chi connectivity index (χ0v) is 15.0. The first kappa shape index (κ1) is 16.9. The molecular weight excluding hydrogens is 322 g/mol. The van der Waals surface area contributed by atoms with Crippen molar-refractivity contribution in [1.29, 1.82) is 0 Å². The molecule has 1 heterocycles. The summed E-state index contributed by atoms with van der Waals surface area (Å²) in [6.07, 6.45) is 8.94. The third kappa shape index (κ3) is 3.26. The fraction of sp³-hybridized carbons (Fsp3) is 0.348. The highest BCUT2D eigenvalue weighted by atomic mass is 16.3. The lowest BCUT2D eigenvalue weighted by molar-refractivity contribution is -0.131. The van der Waals surface area contributed by atoms with Crippen molar-refractivity contribution in [2.75, 3.05) is 6.54 Å². The molecule has 26 heavy (non-hydrogen) atoms. The normalized spacial score (nSPS) is 25.4. The second-order valence-electron chi connectivity index (χ2n) is 7.61. The number of benzene rings is 2. The number of hydrogen-bond acceptors (Lipinski definition) is 2. The molecule has 2 aromatic carbocycles. The van der Waals surface area contributed by atoms with Crippen molar-refractivity contribution in [3.8, 4) is 5.75 Å². The van der Waals surface area contributed by atoms with Crippen molar-refractivity contribution in [3.63, 3.8) is 0 Å². The lowest BCUT2D eigenvalue weighted by atomic mass is 9.63. The van der Waals surface area contributed by atoms with E-state index in [9.17, 15) is 9.90 Å². The van der Waals surface area contributed by atoms with E-state index < -0.39 is 0 Å². The molecule has 2 fully saturated rings. The van der Waals surface area contributed by atoms with E-state index in [1.807, 2.05) is 48.5 Å². The molecule has 3 heteroatoms. The van der Waals surface area contributed by atoms with Crippen molar-refractivity contribution < 1.29 is 9.90 Å². The Morgan fingerprint density at radius 2 is 1.96 bits per heavy atom. The van der Waals surface area contributed by atoms with Crippen LogP contribution >= 0.6 is 0 Å². The largest absolute Gasteiger partial charge is 0.508 e. The number of amides is 1. The number of carbonyl (C=O) groups excluding carboxylic acids is 1. The van der Waals surface area contributed by atoms with E-state index >= 15 is 0 Å². The molecule has 1 aliphatic carbocycles. The van der Waals surface area contributed by atoms with Crippen molar-refractivity contribution >= 4 is 12.0 Å². The van der Waals surface area contributed by atoms with E-state index in [-0.39, 0.29) is 11.3 Å². The van der Waals surface area contributed by atoms with Gasteiger partial charge in [0.1, 0.15) is 5.75 Å². The van der Waals surface area contributed by atoms with E-state index in [0.29, 0.717) is 11.8 Å². The van der Waals surface area contributed by atoms with Gasteiger partial charge in [-0.05, 0) is 60.4 Å². The molecule has 134 valence electrons. The molecule has 2 aliphatic rings. The number of aromatic hydroxyl groups is 1. The summed E-state index contributed by atoms with van der Waals surface area (Å²) < 4.78 is 0. The Balaban J connectivity index is 1.50. The third-order valence-electron chi connectivity index (χ3n) is 6.05. The smallest absolute Gasteiger partial charge is 0.246 e. The van der Waals surface area contributed by atoms with Gasteiger partial charge in [-0.1, -0.05) is 48.9 Å². The average molecular weight is 347 g/mol. The maximum absolute atomic E-state index is 12.8. The summed E-state index contributed by atoms with van der Waals surface area (Å²) in [4.78, 5) is 14.8. The van der Waals surface area contributed by atoms with Crippen LogP contribution in [0.4, 0.5) is 0 Å². The van der Waals surface area contributed by atoms with Crippen molar-refractivity contribution in [3.05, 3.63) is 71.8 Å². The molecule has 1 saturated carbocycles. The van der Waals surface area contributed by atoms with Crippen LogP contribution in [0.5, 0.6) is 5.75 Å². The Morgan fingerprint density at radius 3 is 2.77 bits per heavy atom. The fourth-order valence-corrected chi connectivity index (χ4v) is 4.70. The number of fused-ring (bicyclic) bond motifs is 2. The third-order valence-corrected chi connectivity index (χ3v) is 6.05. The highest BCUT2D eigenvalue weighted by Crippen LogP contribution is 2.47. The van der Waals surface area contributed by atoms with Gasteiger partial charge in [-0.3, -0.25) is 4.79 Å². The minimum absolute atomic E-state index is 0.113. The monoisotopic (exact) mass is 347 g/mol. The summed E-state index contributed by atoms with van der Waals surface area (Å²) in [5.74, 6) is 0.452. The molecule has 1 saturated heterocycles. The topological polar surface area (TPSA) is 40.5 Å². The Kier molecular flexibility index (Phi) is 4.54. The Morgan fingerprint density at radius 1 is 1.12 bits per heavy atom. The van der Waals surface area contributed by atoms with Gasteiger partial charge in [0.2, 0.25) is 5.91 Å². The Labute approximate surface area is 155 Å². The first-order chi connectivity index (χ1) is 12.7. The SMILES string of the molecule is O=C(/C=C\c1ccccc1)N1CC[C@@]2(c3cccc(O)c3)CCC[C@@H]1C2. The standard InChI is InChI=1S/C23H25NO2/c25-21-10-4-8-19(16-21)23-13-5-9-20(17-23)24(15-14-23)22(26)12-11-18-6-2-1-3-7-18/h1-4,6-8,10-12,16,20,25H,5,9,13-15,17H2/b12-11-/t20-,23+/m1/s1. The summed E-state index contributed by atoms with van der Waals surface area (Å²) in [7, 11) is 0. The lowest BCUT2D eigenvalue weighted by Crippen LogP contribution is -2.53. The highest BCUT2D eigenvalue weighted by molar-refractivity contribution is 5.92. The number of hydrogen-bond donors (Lipinski definition) is 1. The van der Waals surface area contributed by atoms with Gasteiger partial charge in [0, 0.05) is 18.7 Å². The zero-order valence-electron chi connectivity index (χ0n) is 15.0. The number of likely N-dealkylation sites (tertiary alicyclic amines) is 1. The molecule has 1 aliphatic heterocycles. The van der Waals surface area contributed by atoms with Gasteiger partial charge < -0.3 is 10.0 Å². The molecule has 2 aromatic rings. The molecule has 1 amide bonds. The summed E-state index contributed by atoms with van der Waals surface area (Å²) in [6, 6.07) is 18.0. The minimum Gasteiger partial charge on any atom is -0.508 e. The van der Waals surface area contributed by atoms with Crippen molar-refractivity contribution in [1.82, 2.24) is 4.90 Å². The van der Waals surface area contributed by atoms with Crippen LogP contribution in [0.2, 0.25) is 0 Å². The number of phenols is 1. The van der Waals surface area contributed by atoms with Gasteiger partial charge in [0.25, 0.3) is 0 Å².